The van der Waals surface area contributed by atoms with Crippen LogP contribution in [0.4, 0.5) is 0 Å². The van der Waals surface area contributed by atoms with Crippen molar-refractivity contribution in [2.75, 3.05) is 33.5 Å². The minimum absolute atomic E-state index is 0.563. The van der Waals surface area contributed by atoms with E-state index < -0.39 is 0 Å². The fourth-order valence-electron chi connectivity index (χ4n) is 2.12. The summed E-state index contributed by atoms with van der Waals surface area (Å²) in [6, 6.07) is 0. The van der Waals surface area contributed by atoms with Gasteiger partial charge in [0.05, 0.1) is 19.0 Å². The van der Waals surface area contributed by atoms with Crippen LogP contribution in [0.3, 0.4) is 0 Å². The molecule has 0 bridgehead atoms. The molecule has 0 spiro atoms. The zero-order valence-electron chi connectivity index (χ0n) is 11.0. The van der Waals surface area contributed by atoms with Crippen molar-refractivity contribution in [3.8, 4) is 0 Å². The molecule has 0 unspecified atom stereocenters. The molecule has 1 rings (SSSR count). The number of amidine groups is 1. The Balaban J connectivity index is 1.93. The van der Waals surface area contributed by atoms with Gasteiger partial charge in [0, 0.05) is 26.2 Å². The van der Waals surface area contributed by atoms with Crippen LogP contribution < -0.4 is 5.73 Å². The van der Waals surface area contributed by atoms with Crippen molar-refractivity contribution in [1.82, 2.24) is 0 Å². The first-order chi connectivity index (χ1) is 8.34. The van der Waals surface area contributed by atoms with Crippen molar-refractivity contribution in [3.63, 3.8) is 0 Å². The van der Waals surface area contributed by atoms with E-state index in [1.54, 1.807) is 7.11 Å². The van der Waals surface area contributed by atoms with E-state index in [0.29, 0.717) is 19.1 Å². The molecule has 100 valence electrons. The van der Waals surface area contributed by atoms with E-state index in [-0.39, 0.29) is 0 Å². The van der Waals surface area contributed by atoms with Gasteiger partial charge in [0.25, 0.3) is 0 Å². The molecule has 0 aromatic carbocycles. The maximum Gasteiger partial charge on any atom is 0.0968 e. The molecule has 17 heavy (non-hydrogen) atoms. The lowest BCUT2D eigenvalue weighted by molar-refractivity contribution is 0.0690. The molecular weight excluding hydrogens is 216 g/mol. The first-order valence-electron chi connectivity index (χ1n) is 6.71. The number of methoxy groups -OCH3 is 1. The number of hydrogen-bond donors (Lipinski definition) is 1. The van der Waals surface area contributed by atoms with Crippen LogP contribution in [0.25, 0.3) is 0 Å². The Labute approximate surface area is 105 Å². The average molecular weight is 242 g/mol. The normalized spacial score (nSPS) is 17.8. The first kappa shape index (κ1) is 14.5. The van der Waals surface area contributed by atoms with Gasteiger partial charge in [-0.05, 0) is 25.7 Å². The largest absolute Gasteiger partial charge is 0.387 e. The van der Waals surface area contributed by atoms with Gasteiger partial charge in [0.15, 0.2) is 0 Å². The summed E-state index contributed by atoms with van der Waals surface area (Å²) in [5.74, 6) is 1.44. The van der Waals surface area contributed by atoms with E-state index in [9.17, 15) is 0 Å². The van der Waals surface area contributed by atoms with Crippen LogP contribution >= 0.6 is 0 Å². The standard InChI is InChI=1S/C13H26N2O2/c1-16-10-11-17-9-5-4-8-15-13(14)12-6-2-3-7-12/h12H,2-11H2,1H3,(H2,14,15). The van der Waals surface area contributed by atoms with Gasteiger partial charge in [0.1, 0.15) is 0 Å². The van der Waals surface area contributed by atoms with Crippen molar-refractivity contribution in [1.29, 1.82) is 0 Å². The highest BCUT2D eigenvalue weighted by Crippen LogP contribution is 2.24. The molecule has 1 aliphatic carbocycles. The summed E-state index contributed by atoms with van der Waals surface area (Å²) in [6.45, 7) is 2.99. The fourth-order valence-corrected chi connectivity index (χ4v) is 2.12. The smallest absolute Gasteiger partial charge is 0.0968 e. The lowest BCUT2D eigenvalue weighted by atomic mass is 10.1. The van der Waals surface area contributed by atoms with Gasteiger partial charge in [-0.2, -0.15) is 0 Å². The molecule has 0 saturated heterocycles. The van der Waals surface area contributed by atoms with Gasteiger partial charge in [-0.3, -0.25) is 4.99 Å². The number of hydrogen-bond acceptors (Lipinski definition) is 3. The third-order valence-electron chi connectivity index (χ3n) is 3.20. The Hall–Kier alpha value is -0.610. The zero-order chi connectivity index (χ0) is 12.3. The molecule has 0 amide bonds. The maximum absolute atomic E-state index is 5.96. The predicted octanol–water partition coefficient (Wildman–Crippen LogP) is 1.98. The topological polar surface area (TPSA) is 56.8 Å². The number of nitrogens with zero attached hydrogens (tertiary/aromatic N) is 1. The fraction of sp³-hybridized carbons (Fsp3) is 0.923. The van der Waals surface area contributed by atoms with Crippen molar-refractivity contribution >= 4 is 5.84 Å². The third kappa shape index (κ3) is 6.64. The maximum atomic E-state index is 5.96. The molecule has 0 aromatic rings. The Morgan fingerprint density at radius 1 is 1.18 bits per heavy atom. The van der Waals surface area contributed by atoms with Gasteiger partial charge >= 0.3 is 0 Å². The molecule has 0 aromatic heterocycles. The van der Waals surface area contributed by atoms with Crippen LogP contribution in [0.5, 0.6) is 0 Å². The Morgan fingerprint density at radius 2 is 1.94 bits per heavy atom. The molecule has 1 fully saturated rings. The van der Waals surface area contributed by atoms with Gasteiger partial charge in [-0.15, -0.1) is 0 Å². The van der Waals surface area contributed by atoms with Crippen LogP contribution in [0.15, 0.2) is 4.99 Å². The number of aliphatic imine (C=N–C) groups is 1. The molecule has 2 N–H and O–H groups in total. The second kappa shape index (κ2) is 9.42. The van der Waals surface area contributed by atoms with E-state index >= 15 is 0 Å². The number of rotatable bonds is 9. The van der Waals surface area contributed by atoms with E-state index in [2.05, 4.69) is 4.99 Å². The van der Waals surface area contributed by atoms with Crippen molar-refractivity contribution in [2.45, 2.75) is 38.5 Å². The third-order valence-corrected chi connectivity index (χ3v) is 3.20. The van der Waals surface area contributed by atoms with Crippen molar-refractivity contribution in [3.05, 3.63) is 0 Å². The molecule has 4 nitrogen and oxygen atoms in total. The minimum atomic E-state index is 0.563. The molecule has 0 atom stereocenters. The molecule has 0 heterocycles. The summed E-state index contributed by atoms with van der Waals surface area (Å²) in [7, 11) is 1.68. The van der Waals surface area contributed by atoms with E-state index in [4.69, 9.17) is 15.2 Å². The second-order valence-electron chi connectivity index (χ2n) is 4.60. The Bertz CT molecular complexity index is 213. The molecular formula is C13H26N2O2. The highest BCUT2D eigenvalue weighted by molar-refractivity contribution is 5.83. The number of unbranched alkanes of at least 4 members (excludes halogenated alkanes) is 1. The van der Waals surface area contributed by atoms with Crippen LogP contribution in [-0.2, 0) is 9.47 Å². The van der Waals surface area contributed by atoms with E-state index in [1.807, 2.05) is 0 Å². The van der Waals surface area contributed by atoms with Gasteiger partial charge in [-0.1, -0.05) is 12.8 Å². The van der Waals surface area contributed by atoms with Crippen LogP contribution in [0.1, 0.15) is 38.5 Å². The van der Waals surface area contributed by atoms with Crippen LogP contribution in [0.2, 0.25) is 0 Å². The molecule has 0 aliphatic heterocycles. The molecule has 4 heteroatoms. The molecule has 1 saturated carbocycles. The monoisotopic (exact) mass is 242 g/mol. The Morgan fingerprint density at radius 3 is 2.65 bits per heavy atom. The van der Waals surface area contributed by atoms with E-state index in [0.717, 1.165) is 31.8 Å². The zero-order valence-corrected chi connectivity index (χ0v) is 11.0. The van der Waals surface area contributed by atoms with Gasteiger partial charge < -0.3 is 15.2 Å². The first-order valence-corrected chi connectivity index (χ1v) is 6.71. The van der Waals surface area contributed by atoms with Crippen LogP contribution in [0, 0.1) is 5.92 Å². The highest BCUT2D eigenvalue weighted by Gasteiger charge is 2.17. The van der Waals surface area contributed by atoms with Crippen LogP contribution in [-0.4, -0.2) is 39.3 Å². The van der Waals surface area contributed by atoms with Crippen molar-refractivity contribution < 1.29 is 9.47 Å². The molecule has 0 radical (unpaired) electrons. The van der Waals surface area contributed by atoms with Gasteiger partial charge in [-0.25, -0.2) is 0 Å². The summed E-state index contributed by atoms with van der Waals surface area (Å²) in [4.78, 5) is 4.45. The van der Waals surface area contributed by atoms with E-state index in [1.165, 1.54) is 25.7 Å². The lowest BCUT2D eigenvalue weighted by Crippen LogP contribution is -2.21. The number of ether oxygens (including phenoxy) is 2. The van der Waals surface area contributed by atoms with Crippen molar-refractivity contribution in [2.24, 2.45) is 16.6 Å². The SMILES string of the molecule is COCCOCCCCN=C(N)C1CCCC1. The number of nitrogens with two attached hydrogens (primary N) is 1. The minimum Gasteiger partial charge on any atom is -0.387 e. The quantitative estimate of drug-likeness (QED) is 0.382. The summed E-state index contributed by atoms with van der Waals surface area (Å²) >= 11 is 0. The van der Waals surface area contributed by atoms with Gasteiger partial charge in [0.2, 0.25) is 0 Å². The Kier molecular flexibility index (Phi) is 8.01. The summed E-state index contributed by atoms with van der Waals surface area (Å²) in [5.41, 5.74) is 5.96. The summed E-state index contributed by atoms with van der Waals surface area (Å²) in [5, 5.41) is 0. The predicted molar refractivity (Wildman–Crippen MR) is 70.4 cm³/mol. The highest BCUT2D eigenvalue weighted by atomic mass is 16.5. The molecule has 1 aliphatic rings. The lowest BCUT2D eigenvalue weighted by Gasteiger charge is -2.08. The second-order valence-corrected chi connectivity index (χ2v) is 4.60. The average Bonchev–Trinajstić information content (AvgIpc) is 2.86. The summed E-state index contributed by atoms with van der Waals surface area (Å²) < 4.78 is 10.3. The summed E-state index contributed by atoms with van der Waals surface area (Å²) in [6.07, 6.45) is 7.19.